The van der Waals surface area contributed by atoms with Crippen molar-refractivity contribution in [3.63, 3.8) is 0 Å². The molecule has 0 saturated carbocycles. The van der Waals surface area contributed by atoms with E-state index in [1.165, 1.54) is 0 Å². The van der Waals surface area contributed by atoms with E-state index in [-0.39, 0.29) is 54.2 Å². The lowest BCUT2D eigenvalue weighted by Gasteiger charge is -2.19. The first-order chi connectivity index (χ1) is 12.1. The molecule has 0 aromatic heterocycles. The van der Waals surface area contributed by atoms with Crippen LogP contribution in [0.5, 0.6) is 0 Å². The van der Waals surface area contributed by atoms with Gasteiger partial charge in [0.2, 0.25) is 23.6 Å². The smallest absolute Gasteiger partial charge is 0.220 e. The van der Waals surface area contributed by atoms with Crippen molar-refractivity contribution in [3.05, 3.63) is 0 Å². The Balaban J connectivity index is 4.23. The van der Waals surface area contributed by atoms with Gasteiger partial charge in [0.1, 0.15) is 0 Å². The Morgan fingerprint density at radius 1 is 0.654 bits per heavy atom. The maximum absolute atomic E-state index is 11.6. The summed E-state index contributed by atoms with van der Waals surface area (Å²) in [5.41, 5.74) is 21.1. The average molecular weight is 370 g/mol. The molecule has 0 bridgehead atoms. The molecule has 0 aliphatic rings. The highest BCUT2D eigenvalue weighted by Gasteiger charge is 2.20. The van der Waals surface area contributed by atoms with Gasteiger partial charge in [-0.05, 0) is 44.4 Å². The van der Waals surface area contributed by atoms with Crippen molar-refractivity contribution in [2.24, 2.45) is 40.7 Å². The van der Waals surface area contributed by atoms with E-state index in [0.717, 1.165) is 12.8 Å². The molecule has 0 aromatic rings. The predicted octanol–water partition coefficient (Wildman–Crippen LogP) is 0.697. The van der Waals surface area contributed by atoms with E-state index in [1.807, 2.05) is 6.92 Å². The summed E-state index contributed by atoms with van der Waals surface area (Å²) < 4.78 is 0. The molecule has 0 saturated heterocycles. The van der Waals surface area contributed by atoms with Crippen LogP contribution in [-0.4, -0.2) is 23.6 Å². The van der Waals surface area contributed by atoms with E-state index in [4.69, 9.17) is 22.9 Å². The number of hydrogen-bond donors (Lipinski definition) is 4. The summed E-state index contributed by atoms with van der Waals surface area (Å²) in [4.78, 5) is 44.6. The van der Waals surface area contributed by atoms with Crippen LogP contribution in [0.2, 0.25) is 0 Å². The molecule has 0 radical (unpaired) electrons. The van der Waals surface area contributed by atoms with Gasteiger partial charge in [-0.2, -0.15) is 0 Å². The van der Waals surface area contributed by atoms with E-state index in [2.05, 4.69) is 0 Å². The minimum absolute atomic E-state index is 0.254. The number of amides is 4. The first kappa shape index (κ1) is 23.9. The minimum Gasteiger partial charge on any atom is -0.370 e. The van der Waals surface area contributed by atoms with E-state index < -0.39 is 0 Å². The number of rotatable bonds is 16. The number of carbonyl (C=O) groups is 4. The number of primary amides is 4. The Morgan fingerprint density at radius 3 is 1.50 bits per heavy atom. The van der Waals surface area contributed by atoms with E-state index in [9.17, 15) is 19.2 Å². The second kappa shape index (κ2) is 13.1. The largest absolute Gasteiger partial charge is 0.370 e. The molecule has 0 aliphatic carbocycles. The van der Waals surface area contributed by atoms with Gasteiger partial charge in [-0.25, -0.2) is 0 Å². The second-order valence-electron chi connectivity index (χ2n) is 7.19. The van der Waals surface area contributed by atoms with Crippen molar-refractivity contribution in [1.82, 2.24) is 0 Å². The zero-order valence-corrected chi connectivity index (χ0v) is 15.7. The molecule has 4 amide bonds. The van der Waals surface area contributed by atoms with Crippen LogP contribution in [0.4, 0.5) is 0 Å². The Hall–Kier alpha value is -2.12. The Kier molecular flexibility index (Phi) is 12.1. The minimum atomic E-state index is -0.380. The van der Waals surface area contributed by atoms with Gasteiger partial charge in [-0.3, -0.25) is 19.2 Å². The second-order valence-corrected chi connectivity index (χ2v) is 7.19. The maximum atomic E-state index is 11.6. The summed E-state index contributed by atoms with van der Waals surface area (Å²) >= 11 is 0. The standard InChI is InChI=1S/C18H34N4O4/c1-12(11-14(18(22)26)8-4-10-16(20)24)5-2-6-13(17(21)25)7-3-9-15(19)23/h12-14H,2-11H2,1H3,(H2,19,23)(H2,20,24)(H2,21,25)(H2,22,26). The summed E-state index contributed by atoms with van der Waals surface area (Å²) in [5.74, 6) is -1.74. The molecule has 3 unspecified atom stereocenters. The van der Waals surface area contributed by atoms with Crippen molar-refractivity contribution >= 4 is 23.6 Å². The quantitative estimate of drug-likeness (QED) is 0.313. The van der Waals surface area contributed by atoms with Crippen LogP contribution in [-0.2, 0) is 19.2 Å². The van der Waals surface area contributed by atoms with Crippen molar-refractivity contribution in [2.75, 3.05) is 0 Å². The lowest BCUT2D eigenvalue weighted by atomic mass is 9.86. The molecule has 150 valence electrons. The SMILES string of the molecule is CC(CCCC(CCCC(N)=O)C(N)=O)CC(CCCC(N)=O)C(N)=O. The van der Waals surface area contributed by atoms with Gasteiger partial charge < -0.3 is 22.9 Å². The molecular weight excluding hydrogens is 336 g/mol. The van der Waals surface area contributed by atoms with Crippen LogP contribution >= 0.6 is 0 Å². The molecule has 8 nitrogen and oxygen atoms in total. The third kappa shape index (κ3) is 12.3. The fourth-order valence-corrected chi connectivity index (χ4v) is 3.17. The molecule has 0 aromatic carbocycles. The van der Waals surface area contributed by atoms with Gasteiger partial charge >= 0.3 is 0 Å². The maximum Gasteiger partial charge on any atom is 0.220 e. The molecule has 8 heteroatoms. The average Bonchev–Trinajstić information content (AvgIpc) is 2.51. The zero-order chi connectivity index (χ0) is 20.1. The Morgan fingerprint density at radius 2 is 1.08 bits per heavy atom. The lowest BCUT2D eigenvalue weighted by molar-refractivity contribution is -0.123. The fraction of sp³-hybridized carbons (Fsp3) is 0.778. The Bertz CT molecular complexity index is 482. The van der Waals surface area contributed by atoms with Crippen molar-refractivity contribution in [2.45, 2.75) is 71.1 Å². The summed E-state index contributed by atoms with van der Waals surface area (Å²) in [7, 11) is 0. The first-order valence-corrected chi connectivity index (χ1v) is 9.28. The van der Waals surface area contributed by atoms with Crippen LogP contribution in [0.3, 0.4) is 0 Å². The first-order valence-electron chi connectivity index (χ1n) is 9.28. The number of hydrogen-bond acceptors (Lipinski definition) is 4. The van der Waals surface area contributed by atoms with Crippen LogP contribution in [0.15, 0.2) is 0 Å². The number of carbonyl (C=O) groups excluding carboxylic acids is 4. The Labute approximate surface area is 155 Å². The molecule has 3 atom stereocenters. The van der Waals surface area contributed by atoms with Crippen LogP contribution < -0.4 is 22.9 Å². The van der Waals surface area contributed by atoms with Gasteiger partial charge in [0.05, 0.1) is 0 Å². The molecule has 8 N–H and O–H groups in total. The molecule has 0 rings (SSSR count). The molecular formula is C18H34N4O4. The van der Waals surface area contributed by atoms with Crippen LogP contribution in [0, 0.1) is 17.8 Å². The molecule has 0 spiro atoms. The normalized spacial score (nSPS) is 14.3. The summed E-state index contributed by atoms with van der Waals surface area (Å²) in [6.45, 7) is 2.04. The zero-order valence-electron chi connectivity index (χ0n) is 15.7. The van der Waals surface area contributed by atoms with Gasteiger partial charge in [-0.1, -0.05) is 19.8 Å². The summed E-state index contributed by atoms with van der Waals surface area (Å²) in [6, 6.07) is 0. The highest BCUT2D eigenvalue weighted by Crippen LogP contribution is 2.24. The third-order valence-corrected chi connectivity index (χ3v) is 4.69. The molecule has 0 aliphatic heterocycles. The van der Waals surface area contributed by atoms with Crippen molar-refractivity contribution in [3.8, 4) is 0 Å². The molecule has 26 heavy (non-hydrogen) atoms. The highest BCUT2D eigenvalue weighted by molar-refractivity contribution is 5.77. The van der Waals surface area contributed by atoms with Crippen molar-refractivity contribution < 1.29 is 19.2 Å². The van der Waals surface area contributed by atoms with Gasteiger partial charge in [-0.15, -0.1) is 0 Å². The van der Waals surface area contributed by atoms with E-state index in [0.29, 0.717) is 38.5 Å². The molecule has 0 fully saturated rings. The molecule has 0 heterocycles. The number of nitrogens with two attached hydrogens (primary N) is 4. The van der Waals surface area contributed by atoms with Gasteiger partial charge in [0, 0.05) is 24.7 Å². The summed E-state index contributed by atoms with van der Waals surface area (Å²) in [6.07, 6.45) is 5.69. The van der Waals surface area contributed by atoms with Gasteiger partial charge in [0.15, 0.2) is 0 Å². The fourth-order valence-electron chi connectivity index (χ4n) is 3.17. The third-order valence-electron chi connectivity index (χ3n) is 4.69. The predicted molar refractivity (Wildman–Crippen MR) is 99.1 cm³/mol. The summed E-state index contributed by atoms with van der Waals surface area (Å²) in [5, 5.41) is 0. The lowest BCUT2D eigenvalue weighted by Crippen LogP contribution is -2.26. The van der Waals surface area contributed by atoms with Crippen LogP contribution in [0.1, 0.15) is 71.1 Å². The highest BCUT2D eigenvalue weighted by atomic mass is 16.2. The topological polar surface area (TPSA) is 172 Å². The monoisotopic (exact) mass is 370 g/mol. The van der Waals surface area contributed by atoms with Gasteiger partial charge in [0.25, 0.3) is 0 Å². The van der Waals surface area contributed by atoms with Crippen LogP contribution in [0.25, 0.3) is 0 Å². The van der Waals surface area contributed by atoms with Crippen molar-refractivity contribution in [1.29, 1.82) is 0 Å². The van der Waals surface area contributed by atoms with E-state index >= 15 is 0 Å². The van der Waals surface area contributed by atoms with E-state index in [1.54, 1.807) is 0 Å².